The van der Waals surface area contributed by atoms with Crippen LogP contribution in [0, 0.1) is 17.6 Å². The molecular weight excluding hydrogens is 464 g/mol. The molecule has 2 atom stereocenters. The number of halogens is 3. The van der Waals surface area contributed by atoms with Gasteiger partial charge >= 0.3 is 5.97 Å². The predicted octanol–water partition coefficient (Wildman–Crippen LogP) is 4.31. The minimum atomic E-state index is -1.54. The van der Waals surface area contributed by atoms with Gasteiger partial charge in [0, 0.05) is 15.6 Å². The molecule has 0 aromatic heterocycles. The molecule has 0 saturated carbocycles. The number of rotatable bonds is 5. The zero-order valence-corrected chi connectivity index (χ0v) is 18.1. The predicted molar refractivity (Wildman–Crippen MR) is 107 cm³/mol. The van der Waals surface area contributed by atoms with Crippen LogP contribution >= 0.6 is 15.9 Å². The molecular formula is C21H20BrF2NO5. The molecule has 3 rings (SSSR count). The van der Waals surface area contributed by atoms with Crippen LogP contribution in [0.5, 0.6) is 11.5 Å². The Morgan fingerprint density at radius 3 is 2.47 bits per heavy atom. The molecule has 0 aliphatic carbocycles. The molecule has 0 spiro atoms. The van der Waals surface area contributed by atoms with Crippen molar-refractivity contribution in [1.29, 1.82) is 0 Å². The van der Waals surface area contributed by atoms with Crippen LogP contribution in [0.15, 0.2) is 34.8 Å². The van der Waals surface area contributed by atoms with Crippen molar-refractivity contribution >= 4 is 27.8 Å². The lowest BCUT2D eigenvalue weighted by atomic mass is 10.0. The Morgan fingerprint density at radius 1 is 1.30 bits per heavy atom. The number of amides is 1. The van der Waals surface area contributed by atoms with E-state index >= 15 is 0 Å². The summed E-state index contributed by atoms with van der Waals surface area (Å²) in [7, 11) is 1.39. The van der Waals surface area contributed by atoms with E-state index in [0.29, 0.717) is 4.47 Å². The minimum absolute atomic E-state index is 0.108. The first-order chi connectivity index (χ1) is 14.1. The molecule has 0 fully saturated rings. The first-order valence-corrected chi connectivity index (χ1v) is 9.95. The van der Waals surface area contributed by atoms with E-state index in [4.69, 9.17) is 9.47 Å². The molecule has 1 aliphatic rings. The highest BCUT2D eigenvalue weighted by atomic mass is 79.9. The third kappa shape index (κ3) is 3.98. The molecule has 2 aromatic carbocycles. The highest BCUT2D eigenvalue weighted by Gasteiger charge is 2.43. The third-order valence-electron chi connectivity index (χ3n) is 4.88. The van der Waals surface area contributed by atoms with Crippen molar-refractivity contribution in [3.8, 4) is 11.5 Å². The molecule has 1 amide bonds. The Kier molecular flexibility index (Phi) is 6.30. The first kappa shape index (κ1) is 22.0. The van der Waals surface area contributed by atoms with Crippen molar-refractivity contribution in [1.82, 2.24) is 4.90 Å². The number of ether oxygens (including phenoxy) is 2. The Labute approximate surface area is 180 Å². The summed E-state index contributed by atoms with van der Waals surface area (Å²) in [5.41, 5.74) is -0.257. The lowest BCUT2D eigenvalue weighted by Gasteiger charge is -2.30. The lowest BCUT2D eigenvalue weighted by molar-refractivity contribution is -0.154. The van der Waals surface area contributed by atoms with E-state index in [1.807, 2.05) is 0 Å². The summed E-state index contributed by atoms with van der Waals surface area (Å²) in [4.78, 5) is 26.5. The Balaban J connectivity index is 2.24. The summed E-state index contributed by atoms with van der Waals surface area (Å²) >= 11 is 3.30. The van der Waals surface area contributed by atoms with Gasteiger partial charge in [-0.2, -0.15) is 0 Å². The normalized spacial score (nSPS) is 18.6. The van der Waals surface area contributed by atoms with Crippen LogP contribution in [0.2, 0.25) is 0 Å². The molecule has 6 nitrogen and oxygen atoms in total. The van der Waals surface area contributed by atoms with E-state index in [0.717, 1.165) is 17.0 Å². The van der Waals surface area contributed by atoms with Crippen LogP contribution in [0.4, 0.5) is 8.78 Å². The fraction of sp³-hybridized carbons (Fsp3) is 0.333. The molecule has 1 heterocycles. The maximum atomic E-state index is 14.3. The average Bonchev–Trinajstić information content (AvgIpc) is 2.79. The van der Waals surface area contributed by atoms with E-state index in [9.17, 15) is 23.5 Å². The summed E-state index contributed by atoms with van der Waals surface area (Å²) in [6.45, 7) is 2.89. The largest absolute Gasteiger partial charge is 0.493 e. The van der Waals surface area contributed by atoms with Crippen LogP contribution in [-0.4, -0.2) is 35.1 Å². The van der Waals surface area contributed by atoms with Crippen LogP contribution in [0.3, 0.4) is 0 Å². The molecule has 0 bridgehead atoms. The lowest BCUT2D eigenvalue weighted by Crippen LogP contribution is -2.45. The quantitative estimate of drug-likeness (QED) is 0.685. The highest BCUT2D eigenvalue weighted by Crippen LogP contribution is 2.44. The van der Waals surface area contributed by atoms with Crippen molar-refractivity contribution in [2.75, 3.05) is 7.11 Å². The Morgan fingerprint density at radius 2 is 1.93 bits per heavy atom. The SMILES string of the molecule is COc1cc(Br)cc2c1OC(C(C)C)C(=O)N(Cc1c(F)cccc1F)C2C(=O)O. The number of aliphatic carboxylic acids is 1. The van der Waals surface area contributed by atoms with Gasteiger partial charge in [-0.25, -0.2) is 13.6 Å². The summed E-state index contributed by atoms with van der Waals surface area (Å²) in [6, 6.07) is 4.86. The van der Waals surface area contributed by atoms with Gasteiger partial charge in [-0.05, 0) is 30.2 Å². The van der Waals surface area contributed by atoms with Crippen molar-refractivity contribution in [2.45, 2.75) is 32.5 Å². The standard InChI is InChI=1S/C21H20BrF2NO5/c1-10(2)18-20(26)25(9-13-14(23)5-4-6-15(13)24)17(21(27)28)12-7-11(22)8-16(29-3)19(12)30-18/h4-8,10,17-18H,9H2,1-3H3,(H,27,28). The van der Waals surface area contributed by atoms with Crippen LogP contribution in [0.25, 0.3) is 0 Å². The fourth-order valence-corrected chi connectivity index (χ4v) is 3.87. The number of carboxylic acids is 1. The van der Waals surface area contributed by atoms with Crippen LogP contribution in [-0.2, 0) is 16.1 Å². The summed E-state index contributed by atoms with van der Waals surface area (Å²) in [5.74, 6) is -3.79. The second-order valence-corrected chi connectivity index (χ2v) is 8.13. The van der Waals surface area contributed by atoms with E-state index in [1.54, 1.807) is 19.9 Å². The number of hydrogen-bond donors (Lipinski definition) is 1. The zero-order chi connectivity index (χ0) is 22.2. The molecule has 30 heavy (non-hydrogen) atoms. The Hall–Kier alpha value is -2.68. The summed E-state index contributed by atoms with van der Waals surface area (Å²) < 4.78 is 40.4. The van der Waals surface area contributed by atoms with Gasteiger partial charge in [0.1, 0.15) is 11.6 Å². The van der Waals surface area contributed by atoms with Crippen molar-refractivity contribution < 1.29 is 33.0 Å². The molecule has 2 unspecified atom stereocenters. The minimum Gasteiger partial charge on any atom is -0.493 e. The molecule has 1 aliphatic heterocycles. The van der Waals surface area contributed by atoms with Gasteiger partial charge in [-0.3, -0.25) is 4.79 Å². The molecule has 0 saturated heterocycles. The van der Waals surface area contributed by atoms with Crippen LogP contribution < -0.4 is 9.47 Å². The van der Waals surface area contributed by atoms with E-state index in [-0.39, 0.29) is 23.0 Å². The third-order valence-corrected chi connectivity index (χ3v) is 5.33. The van der Waals surface area contributed by atoms with Gasteiger partial charge < -0.3 is 19.5 Å². The highest BCUT2D eigenvalue weighted by molar-refractivity contribution is 9.10. The molecule has 2 aromatic rings. The average molecular weight is 484 g/mol. The second-order valence-electron chi connectivity index (χ2n) is 7.22. The number of carbonyl (C=O) groups is 2. The van der Waals surface area contributed by atoms with Crippen molar-refractivity contribution in [3.63, 3.8) is 0 Å². The maximum absolute atomic E-state index is 14.3. The molecule has 1 N–H and O–H groups in total. The topological polar surface area (TPSA) is 76.1 Å². The first-order valence-electron chi connectivity index (χ1n) is 9.16. The molecule has 9 heteroatoms. The van der Waals surface area contributed by atoms with Gasteiger partial charge in [-0.1, -0.05) is 35.8 Å². The molecule has 160 valence electrons. The zero-order valence-electron chi connectivity index (χ0n) is 16.5. The number of methoxy groups -OCH3 is 1. The number of fused-ring (bicyclic) bond motifs is 1. The number of carbonyl (C=O) groups excluding carboxylic acids is 1. The smallest absolute Gasteiger partial charge is 0.331 e. The monoisotopic (exact) mass is 483 g/mol. The van der Waals surface area contributed by atoms with Crippen LogP contribution in [0.1, 0.15) is 31.0 Å². The van der Waals surface area contributed by atoms with Crippen molar-refractivity contribution in [2.24, 2.45) is 5.92 Å². The Bertz CT molecular complexity index is 977. The van der Waals surface area contributed by atoms with Gasteiger partial charge in [0.2, 0.25) is 0 Å². The number of carboxylic acid groups (broad SMARTS) is 1. The number of nitrogens with zero attached hydrogens (tertiary/aromatic N) is 1. The number of hydrogen-bond acceptors (Lipinski definition) is 4. The van der Waals surface area contributed by atoms with E-state index < -0.39 is 47.8 Å². The maximum Gasteiger partial charge on any atom is 0.331 e. The summed E-state index contributed by atoms with van der Waals surface area (Å²) in [6.07, 6.45) is -1.07. The van der Waals surface area contributed by atoms with E-state index in [1.165, 1.54) is 19.2 Å². The number of benzene rings is 2. The summed E-state index contributed by atoms with van der Waals surface area (Å²) in [5, 5.41) is 10.0. The fourth-order valence-electron chi connectivity index (χ4n) is 3.42. The second kappa shape index (κ2) is 8.59. The van der Waals surface area contributed by atoms with Gasteiger partial charge in [0.25, 0.3) is 5.91 Å². The molecule has 0 radical (unpaired) electrons. The van der Waals surface area contributed by atoms with Gasteiger partial charge in [0.05, 0.1) is 13.7 Å². The van der Waals surface area contributed by atoms with Crippen molar-refractivity contribution in [3.05, 3.63) is 57.6 Å². The van der Waals surface area contributed by atoms with E-state index in [2.05, 4.69) is 15.9 Å². The van der Waals surface area contributed by atoms with Gasteiger partial charge in [-0.15, -0.1) is 0 Å². The van der Waals surface area contributed by atoms with Gasteiger partial charge in [0.15, 0.2) is 23.6 Å².